The average molecular weight is 277 g/mol. The lowest BCUT2D eigenvalue weighted by Gasteiger charge is -2.00. The van der Waals surface area contributed by atoms with Gasteiger partial charge in [-0.2, -0.15) is 5.26 Å². The maximum absolute atomic E-state index is 8.68. The van der Waals surface area contributed by atoms with E-state index in [1.807, 2.05) is 12.1 Å². The van der Waals surface area contributed by atoms with Gasteiger partial charge in [-0.1, -0.05) is 0 Å². The van der Waals surface area contributed by atoms with Gasteiger partial charge in [-0.15, -0.1) is 23.4 Å². The largest absolute Gasteiger partial charge is 0.192 e. The maximum atomic E-state index is 8.68. The monoisotopic (exact) mass is 275 g/mol. The SMILES string of the molecule is N#Cc1ccc(SCCCl)cc1Br. The molecule has 0 aliphatic carbocycles. The fourth-order valence-corrected chi connectivity index (χ4v) is 2.36. The predicted molar refractivity (Wildman–Crippen MR) is 60.3 cm³/mol. The zero-order valence-corrected chi connectivity index (χ0v) is 9.92. The van der Waals surface area contributed by atoms with E-state index in [0.717, 1.165) is 15.1 Å². The number of hydrogen-bond acceptors (Lipinski definition) is 2. The van der Waals surface area contributed by atoms with Crippen molar-refractivity contribution in [2.75, 3.05) is 11.6 Å². The van der Waals surface area contributed by atoms with Crippen LogP contribution >= 0.6 is 39.3 Å². The van der Waals surface area contributed by atoms with Gasteiger partial charge in [-0.3, -0.25) is 0 Å². The molecule has 0 N–H and O–H groups in total. The van der Waals surface area contributed by atoms with Gasteiger partial charge >= 0.3 is 0 Å². The fourth-order valence-electron chi connectivity index (χ4n) is 0.833. The molecule has 4 heteroatoms. The second-order valence-electron chi connectivity index (χ2n) is 2.29. The van der Waals surface area contributed by atoms with Crippen LogP contribution in [0.25, 0.3) is 0 Å². The Hall–Kier alpha value is -0.170. The summed E-state index contributed by atoms with van der Waals surface area (Å²) in [6.45, 7) is 0. The fraction of sp³-hybridized carbons (Fsp3) is 0.222. The lowest BCUT2D eigenvalue weighted by atomic mass is 10.2. The van der Waals surface area contributed by atoms with E-state index < -0.39 is 0 Å². The summed E-state index contributed by atoms with van der Waals surface area (Å²) in [6, 6.07) is 7.77. The van der Waals surface area contributed by atoms with Crippen LogP contribution in [0, 0.1) is 11.3 Å². The molecule has 1 aromatic rings. The first kappa shape index (κ1) is 10.9. The number of nitriles is 1. The Kier molecular flexibility index (Phi) is 4.65. The molecule has 0 atom stereocenters. The first-order valence-electron chi connectivity index (χ1n) is 3.66. The molecule has 0 unspecified atom stereocenters. The number of thioether (sulfide) groups is 1. The van der Waals surface area contributed by atoms with Gasteiger partial charge in [0, 0.05) is 21.0 Å². The van der Waals surface area contributed by atoms with E-state index in [1.54, 1.807) is 17.8 Å². The van der Waals surface area contributed by atoms with Crippen LogP contribution in [0.5, 0.6) is 0 Å². The Balaban J connectivity index is 2.79. The van der Waals surface area contributed by atoms with E-state index in [-0.39, 0.29) is 0 Å². The standard InChI is InChI=1S/C9H7BrClNS/c10-9-5-8(13-4-3-11)2-1-7(9)6-12/h1-2,5H,3-4H2. The summed E-state index contributed by atoms with van der Waals surface area (Å²) in [5.41, 5.74) is 0.662. The molecule has 0 saturated heterocycles. The Morgan fingerprint density at radius 3 is 2.85 bits per heavy atom. The van der Waals surface area contributed by atoms with Crippen molar-refractivity contribution in [3.8, 4) is 6.07 Å². The quantitative estimate of drug-likeness (QED) is 0.621. The van der Waals surface area contributed by atoms with Crippen molar-refractivity contribution >= 4 is 39.3 Å². The molecule has 0 amide bonds. The Morgan fingerprint density at radius 2 is 2.31 bits per heavy atom. The molecular formula is C9H7BrClNS. The van der Waals surface area contributed by atoms with Crippen LogP contribution in [-0.2, 0) is 0 Å². The number of benzene rings is 1. The highest BCUT2D eigenvalue weighted by molar-refractivity contribution is 9.10. The molecule has 1 aromatic carbocycles. The van der Waals surface area contributed by atoms with Gasteiger partial charge in [0.1, 0.15) is 6.07 Å². The minimum atomic E-state index is 0.641. The van der Waals surface area contributed by atoms with Gasteiger partial charge < -0.3 is 0 Å². The van der Waals surface area contributed by atoms with Crippen molar-refractivity contribution in [3.63, 3.8) is 0 Å². The first-order chi connectivity index (χ1) is 6.27. The van der Waals surface area contributed by atoms with Crippen LogP contribution in [0.3, 0.4) is 0 Å². The van der Waals surface area contributed by atoms with Gasteiger partial charge in [0.15, 0.2) is 0 Å². The second kappa shape index (κ2) is 5.54. The summed E-state index contributed by atoms with van der Waals surface area (Å²) in [5, 5.41) is 8.68. The molecule has 0 aliphatic heterocycles. The normalized spacial score (nSPS) is 9.62. The average Bonchev–Trinajstić information content (AvgIpc) is 2.15. The van der Waals surface area contributed by atoms with Gasteiger partial charge in [0.05, 0.1) is 5.56 Å². The summed E-state index contributed by atoms with van der Waals surface area (Å²) in [4.78, 5) is 1.13. The van der Waals surface area contributed by atoms with Crippen molar-refractivity contribution in [1.82, 2.24) is 0 Å². The minimum Gasteiger partial charge on any atom is -0.192 e. The van der Waals surface area contributed by atoms with Gasteiger partial charge in [-0.25, -0.2) is 0 Å². The number of nitrogens with zero attached hydrogens (tertiary/aromatic N) is 1. The zero-order chi connectivity index (χ0) is 9.68. The molecule has 0 aromatic heterocycles. The van der Waals surface area contributed by atoms with E-state index in [4.69, 9.17) is 16.9 Å². The summed E-state index contributed by atoms with van der Waals surface area (Å²) in [5.74, 6) is 1.53. The summed E-state index contributed by atoms with van der Waals surface area (Å²) in [7, 11) is 0. The van der Waals surface area contributed by atoms with Crippen molar-refractivity contribution < 1.29 is 0 Å². The Labute approximate surface area is 95.2 Å². The molecular weight excluding hydrogens is 270 g/mol. The van der Waals surface area contributed by atoms with E-state index in [9.17, 15) is 0 Å². The number of alkyl halides is 1. The molecule has 0 radical (unpaired) electrons. The highest BCUT2D eigenvalue weighted by Crippen LogP contribution is 2.24. The molecule has 0 aliphatic rings. The second-order valence-corrected chi connectivity index (χ2v) is 4.69. The van der Waals surface area contributed by atoms with Crippen LogP contribution in [0.2, 0.25) is 0 Å². The van der Waals surface area contributed by atoms with E-state index in [1.165, 1.54) is 0 Å². The van der Waals surface area contributed by atoms with Crippen molar-refractivity contribution in [3.05, 3.63) is 28.2 Å². The van der Waals surface area contributed by atoms with Crippen LogP contribution in [0.15, 0.2) is 27.6 Å². The van der Waals surface area contributed by atoms with E-state index >= 15 is 0 Å². The molecule has 68 valence electrons. The highest BCUT2D eigenvalue weighted by atomic mass is 79.9. The van der Waals surface area contributed by atoms with Crippen molar-refractivity contribution in [2.24, 2.45) is 0 Å². The Morgan fingerprint density at radius 1 is 1.54 bits per heavy atom. The lowest BCUT2D eigenvalue weighted by Crippen LogP contribution is -1.82. The third kappa shape index (κ3) is 3.22. The molecule has 0 bridgehead atoms. The highest BCUT2D eigenvalue weighted by Gasteiger charge is 2.00. The van der Waals surface area contributed by atoms with Gasteiger partial charge in [0.25, 0.3) is 0 Å². The van der Waals surface area contributed by atoms with Crippen LogP contribution < -0.4 is 0 Å². The van der Waals surface area contributed by atoms with E-state index in [2.05, 4.69) is 22.0 Å². The Bertz CT molecular complexity index is 335. The molecule has 0 saturated carbocycles. The third-order valence-corrected chi connectivity index (χ3v) is 3.47. The molecule has 1 nitrogen and oxygen atoms in total. The zero-order valence-electron chi connectivity index (χ0n) is 6.76. The minimum absolute atomic E-state index is 0.641. The molecule has 13 heavy (non-hydrogen) atoms. The summed E-state index contributed by atoms with van der Waals surface area (Å²) < 4.78 is 0.842. The molecule has 0 spiro atoms. The number of halogens is 2. The number of rotatable bonds is 3. The van der Waals surface area contributed by atoms with Crippen molar-refractivity contribution in [2.45, 2.75) is 4.90 Å². The topological polar surface area (TPSA) is 23.8 Å². The molecule has 0 fully saturated rings. The molecule has 1 rings (SSSR count). The van der Waals surface area contributed by atoms with Gasteiger partial charge in [-0.05, 0) is 34.1 Å². The lowest BCUT2D eigenvalue weighted by molar-refractivity contribution is 1.37. The van der Waals surface area contributed by atoms with Gasteiger partial charge in [0.2, 0.25) is 0 Å². The number of hydrogen-bond donors (Lipinski definition) is 0. The van der Waals surface area contributed by atoms with Crippen LogP contribution in [-0.4, -0.2) is 11.6 Å². The van der Waals surface area contributed by atoms with Crippen LogP contribution in [0.1, 0.15) is 5.56 Å². The van der Waals surface area contributed by atoms with Crippen molar-refractivity contribution in [1.29, 1.82) is 5.26 Å². The first-order valence-corrected chi connectivity index (χ1v) is 5.97. The van der Waals surface area contributed by atoms with E-state index in [0.29, 0.717) is 11.4 Å². The third-order valence-electron chi connectivity index (χ3n) is 1.41. The predicted octanol–water partition coefficient (Wildman–Crippen LogP) is 3.65. The molecule has 0 heterocycles. The van der Waals surface area contributed by atoms with Crippen LogP contribution in [0.4, 0.5) is 0 Å². The smallest absolute Gasteiger partial charge is 0.100 e. The summed E-state index contributed by atoms with van der Waals surface area (Å²) in [6.07, 6.45) is 0. The maximum Gasteiger partial charge on any atom is 0.100 e. The summed E-state index contributed by atoms with van der Waals surface area (Å²) >= 11 is 10.6.